The molecule has 2 aromatic carbocycles. The quantitative estimate of drug-likeness (QED) is 0.747. The largest absolute Gasteiger partial charge is 0.283 e. The fraction of sp³-hybridized carbons (Fsp3) is 0. The van der Waals surface area contributed by atoms with Crippen molar-refractivity contribution in [3.8, 4) is 11.8 Å². The lowest BCUT2D eigenvalue weighted by molar-refractivity contribution is 0.887. The van der Waals surface area contributed by atoms with Gasteiger partial charge in [-0.3, -0.25) is 9.98 Å². The molecule has 0 atom stereocenters. The van der Waals surface area contributed by atoms with Crippen LogP contribution in [0.25, 0.3) is 16.6 Å². The minimum atomic E-state index is 0.205. The molecule has 0 radical (unpaired) electrons. The zero-order chi connectivity index (χ0) is 14.1. The van der Waals surface area contributed by atoms with E-state index in [-0.39, 0.29) is 11.3 Å². The fourth-order valence-electron chi connectivity index (χ4n) is 2.08. The lowest BCUT2D eigenvalue weighted by Gasteiger charge is -2.10. The molecule has 0 spiro atoms. The van der Waals surface area contributed by atoms with E-state index in [1.54, 1.807) is 10.6 Å². The predicted molar refractivity (Wildman–Crippen MR) is 79.3 cm³/mol. The molecular weight excluding hydrogens is 316 g/mol. The summed E-state index contributed by atoms with van der Waals surface area (Å²) >= 11 is 3.38. The average Bonchev–Trinajstić information content (AvgIpc) is 2.48. The summed E-state index contributed by atoms with van der Waals surface area (Å²) in [6.45, 7) is 0. The van der Waals surface area contributed by atoms with Crippen molar-refractivity contribution in [1.82, 2.24) is 9.55 Å². The lowest BCUT2D eigenvalue weighted by Crippen LogP contribution is -2.22. The van der Waals surface area contributed by atoms with Gasteiger partial charge in [0.2, 0.25) is 5.82 Å². The molecular formula is C15H9BrN4. The van der Waals surface area contributed by atoms with Gasteiger partial charge < -0.3 is 0 Å². The van der Waals surface area contributed by atoms with Gasteiger partial charge in [-0.15, -0.1) is 0 Å². The minimum absolute atomic E-state index is 0.205. The van der Waals surface area contributed by atoms with Crippen LogP contribution in [0.1, 0.15) is 5.82 Å². The number of hydrogen-bond acceptors (Lipinski definition) is 3. The Labute approximate surface area is 123 Å². The van der Waals surface area contributed by atoms with Crippen molar-refractivity contribution in [3.05, 3.63) is 64.3 Å². The molecule has 0 aliphatic heterocycles. The van der Waals surface area contributed by atoms with Gasteiger partial charge in [0.15, 0.2) is 0 Å². The first-order chi connectivity index (χ1) is 9.70. The second-order valence-electron chi connectivity index (χ2n) is 4.22. The van der Waals surface area contributed by atoms with E-state index in [4.69, 9.17) is 5.41 Å². The second kappa shape index (κ2) is 4.91. The van der Waals surface area contributed by atoms with Crippen LogP contribution >= 0.6 is 15.9 Å². The number of para-hydroxylation sites is 1. The summed E-state index contributed by atoms with van der Waals surface area (Å²) in [5.41, 5.74) is 1.66. The Balaban J connectivity index is 2.40. The Bertz CT molecular complexity index is 888. The van der Waals surface area contributed by atoms with Crippen molar-refractivity contribution in [2.45, 2.75) is 0 Å². The van der Waals surface area contributed by atoms with Crippen molar-refractivity contribution in [2.75, 3.05) is 0 Å². The van der Waals surface area contributed by atoms with E-state index < -0.39 is 0 Å². The maximum atomic E-state index is 9.29. The summed E-state index contributed by atoms with van der Waals surface area (Å²) in [4.78, 5) is 4.32. The monoisotopic (exact) mass is 324 g/mol. The highest BCUT2D eigenvalue weighted by Crippen LogP contribution is 2.15. The number of benzene rings is 2. The summed E-state index contributed by atoms with van der Waals surface area (Å²) in [6, 6.07) is 16.8. The van der Waals surface area contributed by atoms with Crippen LogP contribution in [0.15, 0.2) is 53.0 Å². The molecule has 5 heteroatoms. The number of nitrogens with zero attached hydrogens (tertiary/aromatic N) is 3. The summed E-state index contributed by atoms with van der Waals surface area (Å²) in [5, 5.41) is 18.3. The molecule has 0 bridgehead atoms. The van der Waals surface area contributed by atoms with Crippen LogP contribution in [-0.4, -0.2) is 9.55 Å². The third-order valence-corrected chi connectivity index (χ3v) is 3.53. The number of nitriles is 1. The highest BCUT2D eigenvalue weighted by atomic mass is 79.9. The molecule has 20 heavy (non-hydrogen) atoms. The van der Waals surface area contributed by atoms with Crippen LogP contribution < -0.4 is 5.49 Å². The molecule has 4 nitrogen and oxygen atoms in total. The van der Waals surface area contributed by atoms with E-state index in [0.717, 1.165) is 15.5 Å². The van der Waals surface area contributed by atoms with Crippen LogP contribution in [0.4, 0.5) is 0 Å². The van der Waals surface area contributed by atoms with Gasteiger partial charge in [-0.1, -0.05) is 28.1 Å². The van der Waals surface area contributed by atoms with Crippen molar-refractivity contribution in [1.29, 1.82) is 10.7 Å². The first-order valence-electron chi connectivity index (χ1n) is 5.93. The average molecular weight is 325 g/mol. The smallest absolute Gasteiger partial charge is 0.219 e. The third kappa shape index (κ3) is 2.00. The number of nitrogens with one attached hydrogen (secondary N) is 1. The van der Waals surface area contributed by atoms with Crippen molar-refractivity contribution < 1.29 is 0 Å². The van der Waals surface area contributed by atoms with Crippen molar-refractivity contribution in [2.24, 2.45) is 0 Å². The van der Waals surface area contributed by atoms with Gasteiger partial charge in [-0.05, 0) is 36.4 Å². The molecule has 3 rings (SSSR count). The molecule has 1 N–H and O–H groups in total. The molecule has 0 unspecified atom stereocenters. The van der Waals surface area contributed by atoms with E-state index in [0.29, 0.717) is 5.52 Å². The van der Waals surface area contributed by atoms with Crippen LogP contribution in [0.5, 0.6) is 0 Å². The van der Waals surface area contributed by atoms with Gasteiger partial charge in [0.05, 0.1) is 5.52 Å². The Morgan fingerprint density at radius 1 is 1.10 bits per heavy atom. The maximum Gasteiger partial charge on any atom is 0.219 e. The van der Waals surface area contributed by atoms with Crippen LogP contribution in [-0.2, 0) is 0 Å². The first kappa shape index (κ1) is 12.6. The Morgan fingerprint density at radius 2 is 1.80 bits per heavy atom. The topological polar surface area (TPSA) is 65.5 Å². The number of halogens is 1. The molecule has 0 saturated heterocycles. The summed E-state index contributed by atoms with van der Waals surface area (Å²) in [6.07, 6.45) is 0. The maximum absolute atomic E-state index is 9.29. The number of hydrogen-bond donors (Lipinski definition) is 1. The molecule has 0 fully saturated rings. The Morgan fingerprint density at radius 3 is 2.50 bits per heavy atom. The third-order valence-electron chi connectivity index (χ3n) is 3.01. The molecule has 0 aliphatic carbocycles. The Hall–Kier alpha value is -2.45. The SMILES string of the molecule is N#Cc1nc2ccccc2c(=N)n1-c1ccc(Br)cc1. The van der Waals surface area contributed by atoms with E-state index in [1.165, 1.54) is 0 Å². The summed E-state index contributed by atoms with van der Waals surface area (Å²) in [5.74, 6) is 0.205. The Kier molecular flexibility index (Phi) is 3.09. The second-order valence-corrected chi connectivity index (χ2v) is 5.14. The standard InChI is InChI=1S/C15H9BrN4/c16-10-5-7-11(8-6-10)20-14(9-17)19-13-4-2-1-3-12(13)15(20)18/h1-8,18H. The fourth-order valence-corrected chi connectivity index (χ4v) is 2.34. The van der Waals surface area contributed by atoms with E-state index in [1.807, 2.05) is 42.5 Å². The minimum Gasteiger partial charge on any atom is -0.283 e. The van der Waals surface area contributed by atoms with Gasteiger partial charge in [0.1, 0.15) is 11.6 Å². The van der Waals surface area contributed by atoms with E-state index >= 15 is 0 Å². The molecule has 0 amide bonds. The number of aromatic nitrogens is 2. The molecule has 0 aliphatic rings. The van der Waals surface area contributed by atoms with E-state index in [9.17, 15) is 5.26 Å². The van der Waals surface area contributed by atoms with Gasteiger partial charge >= 0.3 is 0 Å². The zero-order valence-electron chi connectivity index (χ0n) is 10.3. The van der Waals surface area contributed by atoms with Gasteiger partial charge in [-0.2, -0.15) is 5.26 Å². The molecule has 1 aromatic heterocycles. The highest BCUT2D eigenvalue weighted by molar-refractivity contribution is 9.10. The molecule has 1 heterocycles. The molecule has 0 saturated carbocycles. The highest BCUT2D eigenvalue weighted by Gasteiger charge is 2.09. The van der Waals surface area contributed by atoms with Gasteiger partial charge in [-0.25, -0.2) is 4.98 Å². The van der Waals surface area contributed by atoms with Gasteiger partial charge in [0.25, 0.3) is 0 Å². The predicted octanol–water partition coefficient (Wildman–Crippen LogP) is 3.14. The van der Waals surface area contributed by atoms with Crippen LogP contribution in [0.3, 0.4) is 0 Å². The molecule has 3 aromatic rings. The number of fused-ring (bicyclic) bond motifs is 1. The van der Waals surface area contributed by atoms with Crippen LogP contribution in [0.2, 0.25) is 0 Å². The molecule has 96 valence electrons. The summed E-state index contributed by atoms with van der Waals surface area (Å²) in [7, 11) is 0. The number of rotatable bonds is 1. The first-order valence-corrected chi connectivity index (χ1v) is 6.72. The zero-order valence-corrected chi connectivity index (χ0v) is 11.9. The van der Waals surface area contributed by atoms with Crippen LogP contribution in [0, 0.1) is 16.7 Å². The van der Waals surface area contributed by atoms with Crippen molar-refractivity contribution in [3.63, 3.8) is 0 Å². The normalized spacial score (nSPS) is 10.4. The lowest BCUT2D eigenvalue weighted by atomic mass is 10.2. The van der Waals surface area contributed by atoms with Crippen molar-refractivity contribution >= 4 is 26.8 Å². The van der Waals surface area contributed by atoms with Gasteiger partial charge in [0, 0.05) is 15.5 Å². The summed E-state index contributed by atoms with van der Waals surface area (Å²) < 4.78 is 2.50. The van der Waals surface area contributed by atoms with E-state index in [2.05, 4.69) is 27.0 Å².